The van der Waals surface area contributed by atoms with E-state index in [2.05, 4.69) is 47.3 Å². The molecule has 0 aliphatic heterocycles. The van der Waals surface area contributed by atoms with Gasteiger partial charge in [-0.05, 0) is 49.9 Å². The third-order valence-electron chi connectivity index (χ3n) is 4.46. The minimum Gasteiger partial charge on any atom is -0.348 e. The number of nitrogens with one attached hydrogen (secondary N) is 1. The molecule has 114 valence electrons. The molecule has 0 saturated carbocycles. The Balaban J connectivity index is 1.85. The van der Waals surface area contributed by atoms with Gasteiger partial charge in [0.05, 0.1) is 17.9 Å². The lowest BCUT2D eigenvalue weighted by molar-refractivity contribution is 0.502. The van der Waals surface area contributed by atoms with Crippen molar-refractivity contribution in [3.8, 4) is 0 Å². The SMILES string of the molecule is CCNC1CCCCc2cn(Cc3cc(C)nn3C)cc21. The minimum absolute atomic E-state index is 0.530. The molecule has 3 rings (SSSR count). The molecule has 0 saturated heterocycles. The Labute approximate surface area is 127 Å². The predicted octanol–water partition coefficient (Wildman–Crippen LogP) is 2.96. The third kappa shape index (κ3) is 3.05. The molecule has 2 aromatic heterocycles. The lowest BCUT2D eigenvalue weighted by atomic mass is 10.0. The summed E-state index contributed by atoms with van der Waals surface area (Å²) in [7, 11) is 2.03. The van der Waals surface area contributed by atoms with Crippen LogP contribution in [-0.2, 0) is 20.0 Å². The van der Waals surface area contributed by atoms with E-state index in [4.69, 9.17) is 0 Å². The van der Waals surface area contributed by atoms with Gasteiger partial charge in [-0.2, -0.15) is 5.10 Å². The molecule has 2 heterocycles. The van der Waals surface area contributed by atoms with Gasteiger partial charge >= 0.3 is 0 Å². The quantitative estimate of drug-likeness (QED) is 0.877. The molecule has 2 aromatic rings. The van der Waals surface area contributed by atoms with Crippen LogP contribution >= 0.6 is 0 Å². The van der Waals surface area contributed by atoms with Gasteiger partial charge in [0.1, 0.15) is 0 Å². The fourth-order valence-corrected chi connectivity index (χ4v) is 3.46. The van der Waals surface area contributed by atoms with E-state index in [-0.39, 0.29) is 0 Å². The molecule has 0 spiro atoms. The Morgan fingerprint density at radius 3 is 2.90 bits per heavy atom. The van der Waals surface area contributed by atoms with Gasteiger partial charge in [-0.15, -0.1) is 0 Å². The Hall–Kier alpha value is -1.55. The fourth-order valence-electron chi connectivity index (χ4n) is 3.46. The number of nitrogens with zero attached hydrogens (tertiary/aromatic N) is 3. The summed E-state index contributed by atoms with van der Waals surface area (Å²) in [6.45, 7) is 6.19. The second-order valence-corrected chi connectivity index (χ2v) is 6.17. The van der Waals surface area contributed by atoms with Gasteiger partial charge in [-0.3, -0.25) is 4.68 Å². The zero-order chi connectivity index (χ0) is 14.8. The third-order valence-corrected chi connectivity index (χ3v) is 4.46. The van der Waals surface area contributed by atoms with Gasteiger partial charge in [-0.1, -0.05) is 13.3 Å². The van der Waals surface area contributed by atoms with Gasteiger partial charge in [0, 0.05) is 25.5 Å². The van der Waals surface area contributed by atoms with E-state index in [1.54, 1.807) is 0 Å². The highest BCUT2D eigenvalue weighted by molar-refractivity contribution is 5.30. The van der Waals surface area contributed by atoms with E-state index in [1.807, 2.05) is 11.7 Å². The molecule has 0 radical (unpaired) electrons. The van der Waals surface area contributed by atoms with Gasteiger partial charge in [-0.25, -0.2) is 0 Å². The summed E-state index contributed by atoms with van der Waals surface area (Å²) in [4.78, 5) is 0. The molecule has 0 amide bonds. The maximum Gasteiger partial charge on any atom is 0.0639 e. The van der Waals surface area contributed by atoms with Crippen LogP contribution in [0.25, 0.3) is 0 Å². The molecular weight excluding hydrogens is 260 g/mol. The molecular formula is C17H26N4. The number of hydrogen-bond donors (Lipinski definition) is 1. The van der Waals surface area contributed by atoms with E-state index >= 15 is 0 Å². The molecule has 0 bridgehead atoms. The zero-order valence-electron chi connectivity index (χ0n) is 13.4. The second kappa shape index (κ2) is 6.06. The van der Waals surface area contributed by atoms with Gasteiger partial charge in [0.25, 0.3) is 0 Å². The van der Waals surface area contributed by atoms with Crippen LogP contribution in [0.2, 0.25) is 0 Å². The summed E-state index contributed by atoms with van der Waals surface area (Å²) in [5.74, 6) is 0. The number of hydrogen-bond acceptors (Lipinski definition) is 2. The number of fused-ring (bicyclic) bond motifs is 1. The molecule has 1 aliphatic carbocycles. The van der Waals surface area contributed by atoms with Crippen molar-refractivity contribution in [2.75, 3.05) is 6.54 Å². The van der Waals surface area contributed by atoms with E-state index in [1.165, 1.54) is 42.5 Å². The van der Waals surface area contributed by atoms with Crippen LogP contribution in [0.1, 0.15) is 54.7 Å². The van der Waals surface area contributed by atoms with Gasteiger partial charge in [0.15, 0.2) is 0 Å². The van der Waals surface area contributed by atoms with E-state index in [0.29, 0.717) is 6.04 Å². The van der Waals surface area contributed by atoms with Crippen molar-refractivity contribution in [1.82, 2.24) is 19.7 Å². The van der Waals surface area contributed by atoms with Crippen molar-refractivity contribution in [1.29, 1.82) is 0 Å². The first-order chi connectivity index (χ1) is 10.2. The van der Waals surface area contributed by atoms with Crippen LogP contribution in [0.4, 0.5) is 0 Å². The molecule has 21 heavy (non-hydrogen) atoms. The zero-order valence-corrected chi connectivity index (χ0v) is 13.4. The normalized spacial score (nSPS) is 18.5. The first-order valence-corrected chi connectivity index (χ1v) is 8.09. The van der Waals surface area contributed by atoms with E-state index in [0.717, 1.165) is 18.8 Å². The van der Waals surface area contributed by atoms with Crippen LogP contribution in [-0.4, -0.2) is 20.9 Å². The van der Waals surface area contributed by atoms with Gasteiger partial charge in [0.2, 0.25) is 0 Å². The van der Waals surface area contributed by atoms with Crippen LogP contribution in [0.5, 0.6) is 0 Å². The summed E-state index contributed by atoms with van der Waals surface area (Å²) in [6, 6.07) is 2.70. The smallest absolute Gasteiger partial charge is 0.0639 e. The molecule has 1 N–H and O–H groups in total. The Morgan fingerprint density at radius 1 is 1.33 bits per heavy atom. The van der Waals surface area contributed by atoms with Crippen molar-refractivity contribution in [3.63, 3.8) is 0 Å². The average molecular weight is 286 g/mol. The highest BCUT2D eigenvalue weighted by atomic mass is 15.3. The largest absolute Gasteiger partial charge is 0.348 e. The summed E-state index contributed by atoms with van der Waals surface area (Å²) >= 11 is 0. The Morgan fingerprint density at radius 2 is 2.19 bits per heavy atom. The summed E-state index contributed by atoms with van der Waals surface area (Å²) in [5.41, 5.74) is 5.38. The van der Waals surface area contributed by atoms with Crippen LogP contribution in [0.3, 0.4) is 0 Å². The minimum atomic E-state index is 0.530. The molecule has 0 aromatic carbocycles. The predicted molar refractivity (Wildman–Crippen MR) is 85.5 cm³/mol. The summed E-state index contributed by atoms with van der Waals surface area (Å²) in [6.07, 6.45) is 9.80. The fraction of sp³-hybridized carbons (Fsp3) is 0.588. The topological polar surface area (TPSA) is 34.8 Å². The van der Waals surface area contributed by atoms with Crippen LogP contribution < -0.4 is 5.32 Å². The van der Waals surface area contributed by atoms with Gasteiger partial charge < -0.3 is 9.88 Å². The van der Waals surface area contributed by atoms with Crippen LogP contribution in [0.15, 0.2) is 18.5 Å². The maximum absolute atomic E-state index is 4.44. The molecule has 4 nitrogen and oxygen atoms in total. The monoisotopic (exact) mass is 286 g/mol. The van der Waals surface area contributed by atoms with Crippen molar-refractivity contribution in [2.24, 2.45) is 7.05 Å². The summed E-state index contributed by atoms with van der Waals surface area (Å²) < 4.78 is 4.32. The number of aryl methyl sites for hydroxylation is 3. The Bertz CT molecular complexity index is 608. The summed E-state index contributed by atoms with van der Waals surface area (Å²) in [5, 5.41) is 8.08. The maximum atomic E-state index is 4.44. The first-order valence-electron chi connectivity index (χ1n) is 8.09. The lowest BCUT2D eigenvalue weighted by Gasteiger charge is -2.15. The van der Waals surface area contributed by atoms with E-state index in [9.17, 15) is 0 Å². The second-order valence-electron chi connectivity index (χ2n) is 6.17. The van der Waals surface area contributed by atoms with Crippen molar-refractivity contribution >= 4 is 0 Å². The highest BCUT2D eigenvalue weighted by Crippen LogP contribution is 2.29. The molecule has 1 aliphatic rings. The van der Waals surface area contributed by atoms with Crippen LogP contribution in [0, 0.1) is 6.92 Å². The van der Waals surface area contributed by atoms with E-state index < -0.39 is 0 Å². The Kier molecular flexibility index (Phi) is 4.15. The average Bonchev–Trinajstić information content (AvgIpc) is 2.92. The molecule has 0 fully saturated rings. The molecule has 4 heteroatoms. The molecule has 1 atom stereocenters. The molecule has 1 unspecified atom stereocenters. The van der Waals surface area contributed by atoms with Crippen molar-refractivity contribution < 1.29 is 0 Å². The highest BCUT2D eigenvalue weighted by Gasteiger charge is 2.20. The van der Waals surface area contributed by atoms with Crippen molar-refractivity contribution in [2.45, 2.75) is 52.1 Å². The standard InChI is InChI=1S/C17H26N4/c1-4-18-17-8-6-5-7-14-10-21(12-16(14)17)11-15-9-13(2)19-20(15)3/h9-10,12,17-18H,4-8,11H2,1-3H3. The first kappa shape index (κ1) is 14.4. The number of aromatic nitrogens is 3. The number of rotatable bonds is 4. The lowest BCUT2D eigenvalue weighted by Crippen LogP contribution is -2.20. The van der Waals surface area contributed by atoms with Crippen molar-refractivity contribution in [3.05, 3.63) is 41.0 Å².